The first-order chi connectivity index (χ1) is 12.1. The molecule has 1 aliphatic heterocycles. The van der Waals surface area contributed by atoms with Gasteiger partial charge in [0, 0.05) is 36.6 Å². The molecule has 5 nitrogen and oxygen atoms in total. The fourth-order valence-corrected chi connectivity index (χ4v) is 4.01. The molecule has 1 heterocycles. The summed E-state index contributed by atoms with van der Waals surface area (Å²) in [4.78, 5) is 18.4. The van der Waals surface area contributed by atoms with Crippen molar-refractivity contribution in [1.29, 1.82) is 0 Å². The first-order valence-electron chi connectivity index (χ1n) is 8.87. The highest BCUT2D eigenvalue weighted by atomic mass is 79.9. The van der Waals surface area contributed by atoms with Crippen molar-refractivity contribution in [3.05, 3.63) is 34.3 Å². The first kappa shape index (κ1) is 18.2. The molecule has 1 saturated heterocycles. The molecule has 0 atom stereocenters. The van der Waals surface area contributed by atoms with Crippen LogP contribution in [-0.2, 0) is 14.9 Å². The standard InChI is InChI=1S/C19H26BrN3O2/c1-21-18(23-10-6-14(7-11-23)17(24)25-2)22-13-19(8-9-19)15-4-3-5-16(20)12-15/h3-5,12,14H,6-11,13H2,1-2H3,(H,21,22). The Bertz CT molecular complexity index is 650. The summed E-state index contributed by atoms with van der Waals surface area (Å²) in [6.07, 6.45) is 4.06. The summed E-state index contributed by atoms with van der Waals surface area (Å²) >= 11 is 3.57. The number of carbonyl (C=O) groups is 1. The zero-order valence-electron chi connectivity index (χ0n) is 14.9. The monoisotopic (exact) mass is 407 g/mol. The average Bonchev–Trinajstić information content (AvgIpc) is 3.43. The number of halogens is 1. The van der Waals surface area contributed by atoms with Crippen molar-refractivity contribution in [2.75, 3.05) is 33.8 Å². The largest absolute Gasteiger partial charge is 0.469 e. The number of ether oxygens (including phenoxy) is 1. The maximum absolute atomic E-state index is 11.7. The van der Waals surface area contributed by atoms with Gasteiger partial charge in [-0.15, -0.1) is 0 Å². The number of hydrogen-bond acceptors (Lipinski definition) is 3. The number of piperidine rings is 1. The molecule has 2 fully saturated rings. The predicted octanol–water partition coefficient (Wildman–Crippen LogP) is 2.94. The molecular formula is C19H26BrN3O2. The van der Waals surface area contributed by atoms with Crippen LogP contribution in [0.1, 0.15) is 31.2 Å². The van der Waals surface area contributed by atoms with Crippen molar-refractivity contribution >= 4 is 27.9 Å². The van der Waals surface area contributed by atoms with Gasteiger partial charge in [-0.25, -0.2) is 0 Å². The lowest BCUT2D eigenvalue weighted by atomic mass is 9.96. The number of rotatable bonds is 4. The normalized spacial score (nSPS) is 20.3. The number of carbonyl (C=O) groups excluding carboxylic acids is 1. The number of methoxy groups -OCH3 is 1. The highest BCUT2D eigenvalue weighted by Crippen LogP contribution is 2.48. The van der Waals surface area contributed by atoms with Crippen LogP contribution in [0.15, 0.2) is 33.7 Å². The zero-order valence-corrected chi connectivity index (χ0v) is 16.5. The van der Waals surface area contributed by atoms with Gasteiger partial charge >= 0.3 is 5.97 Å². The van der Waals surface area contributed by atoms with Gasteiger partial charge in [0.05, 0.1) is 13.0 Å². The number of hydrogen-bond donors (Lipinski definition) is 1. The zero-order chi connectivity index (χ0) is 17.9. The van der Waals surface area contributed by atoms with E-state index < -0.39 is 0 Å². The highest BCUT2D eigenvalue weighted by Gasteiger charge is 2.44. The summed E-state index contributed by atoms with van der Waals surface area (Å²) in [5.74, 6) is 0.870. The Kier molecular flexibility index (Phi) is 5.67. The van der Waals surface area contributed by atoms with Gasteiger partial charge in [-0.1, -0.05) is 28.1 Å². The van der Waals surface area contributed by atoms with Crippen LogP contribution >= 0.6 is 15.9 Å². The second-order valence-electron chi connectivity index (χ2n) is 6.98. The van der Waals surface area contributed by atoms with Crippen molar-refractivity contribution in [3.8, 4) is 0 Å². The summed E-state index contributed by atoms with van der Waals surface area (Å²) in [6, 6.07) is 8.60. The van der Waals surface area contributed by atoms with Crippen LogP contribution < -0.4 is 5.32 Å². The van der Waals surface area contributed by atoms with E-state index in [0.717, 1.165) is 42.9 Å². The number of likely N-dealkylation sites (tertiary alicyclic amines) is 1. The van der Waals surface area contributed by atoms with E-state index in [0.29, 0.717) is 0 Å². The third-order valence-electron chi connectivity index (χ3n) is 5.42. The summed E-state index contributed by atoms with van der Waals surface area (Å²) in [5.41, 5.74) is 1.61. The molecule has 0 spiro atoms. The van der Waals surface area contributed by atoms with Crippen molar-refractivity contribution in [1.82, 2.24) is 10.2 Å². The summed E-state index contributed by atoms with van der Waals surface area (Å²) in [7, 11) is 3.29. The van der Waals surface area contributed by atoms with Gasteiger partial charge in [-0.05, 0) is 43.4 Å². The Balaban J connectivity index is 1.56. The van der Waals surface area contributed by atoms with E-state index in [1.165, 1.54) is 25.5 Å². The first-order valence-corrected chi connectivity index (χ1v) is 9.67. The topological polar surface area (TPSA) is 53.9 Å². The summed E-state index contributed by atoms with van der Waals surface area (Å²) in [5, 5.41) is 3.56. The third kappa shape index (κ3) is 4.17. The molecule has 136 valence electrons. The molecule has 3 rings (SSSR count). The minimum Gasteiger partial charge on any atom is -0.469 e. The molecule has 1 saturated carbocycles. The average molecular weight is 408 g/mol. The summed E-state index contributed by atoms with van der Waals surface area (Å²) in [6.45, 7) is 2.57. The quantitative estimate of drug-likeness (QED) is 0.473. The van der Waals surface area contributed by atoms with Crippen LogP contribution in [0.3, 0.4) is 0 Å². The smallest absolute Gasteiger partial charge is 0.308 e. The molecule has 6 heteroatoms. The highest BCUT2D eigenvalue weighted by molar-refractivity contribution is 9.10. The second kappa shape index (κ2) is 7.77. The number of esters is 1. The van der Waals surface area contributed by atoms with Crippen LogP contribution in [0.4, 0.5) is 0 Å². The maximum atomic E-state index is 11.7. The lowest BCUT2D eigenvalue weighted by molar-refractivity contribution is -0.146. The van der Waals surface area contributed by atoms with Crippen molar-refractivity contribution in [2.45, 2.75) is 31.1 Å². The van der Waals surface area contributed by atoms with Crippen LogP contribution in [0.5, 0.6) is 0 Å². The molecule has 1 N–H and O–H groups in total. The van der Waals surface area contributed by atoms with E-state index in [1.807, 2.05) is 7.05 Å². The summed E-state index contributed by atoms with van der Waals surface area (Å²) < 4.78 is 5.99. The van der Waals surface area contributed by atoms with Crippen molar-refractivity contribution < 1.29 is 9.53 Å². The van der Waals surface area contributed by atoms with E-state index in [4.69, 9.17) is 4.74 Å². The lowest BCUT2D eigenvalue weighted by Gasteiger charge is -2.33. The van der Waals surface area contributed by atoms with Crippen LogP contribution in [0.2, 0.25) is 0 Å². The molecule has 0 bridgehead atoms. The molecule has 1 aromatic carbocycles. The van der Waals surface area contributed by atoms with E-state index >= 15 is 0 Å². The SMILES string of the molecule is CN=C(NCC1(c2cccc(Br)c2)CC1)N1CCC(C(=O)OC)CC1. The fourth-order valence-electron chi connectivity index (χ4n) is 3.61. The molecule has 25 heavy (non-hydrogen) atoms. The van der Waals surface area contributed by atoms with Gasteiger partial charge in [0.15, 0.2) is 5.96 Å². The van der Waals surface area contributed by atoms with Gasteiger partial charge < -0.3 is 15.0 Å². The molecular weight excluding hydrogens is 382 g/mol. The van der Waals surface area contributed by atoms with Crippen LogP contribution in [0.25, 0.3) is 0 Å². The van der Waals surface area contributed by atoms with E-state index in [-0.39, 0.29) is 17.3 Å². The predicted molar refractivity (Wildman–Crippen MR) is 103 cm³/mol. The fraction of sp³-hybridized carbons (Fsp3) is 0.579. The number of benzene rings is 1. The number of nitrogens with zero attached hydrogens (tertiary/aromatic N) is 2. The van der Waals surface area contributed by atoms with E-state index in [2.05, 4.69) is 55.4 Å². The molecule has 1 aromatic rings. The third-order valence-corrected chi connectivity index (χ3v) is 5.91. The minimum atomic E-state index is -0.0887. The Labute approximate surface area is 158 Å². The Morgan fingerprint density at radius 2 is 2.12 bits per heavy atom. The molecule has 0 radical (unpaired) electrons. The second-order valence-corrected chi connectivity index (χ2v) is 7.89. The number of guanidine groups is 1. The maximum Gasteiger partial charge on any atom is 0.308 e. The van der Waals surface area contributed by atoms with Crippen molar-refractivity contribution in [2.24, 2.45) is 10.9 Å². The van der Waals surface area contributed by atoms with Gasteiger partial charge in [0.25, 0.3) is 0 Å². The molecule has 0 amide bonds. The Morgan fingerprint density at radius 1 is 1.40 bits per heavy atom. The lowest BCUT2D eigenvalue weighted by Crippen LogP contribution is -2.48. The molecule has 2 aliphatic rings. The van der Waals surface area contributed by atoms with Crippen LogP contribution in [-0.4, -0.2) is 50.6 Å². The van der Waals surface area contributed by atoms with Crippen LogP contribution in [0, 0.1) is 5.92 Å². The molecule has 1 aliphatic carbocycles. The molecule has 0 aromatic heterocycles. The van der Waals surface area contributed by atoms with Gasteiger partial charge in [0.1, 0.15) is 0 Å². The molecule has 0 unspecified atom stereocenters. The van der Waals surface area contributed by atoms with Gasteiger partial charge in [-0.2, -0.15) is 0 Å². The minimum absolute atomic E-state index is 0.0239. The van der Waals surface area contributed by atoms with E-state index in [9.17, 15) is 4.79 Å². The number of aliphatic imine (C=N–C) groups is 1. The van der Waals surface area contributed by atoms with E-state index in [1.54, 1.807) is 0 Å². The number of nitrogens with one attached hydrogen (secondary N) is 1. The Hall–Kier alpha value is -1.56. The Morgan fingerprint density at radius 3 is 2.68 bits per heavy atom. The van der Waals surface area contributed by atoms with Crippen molar-refractivity contribution in [3.63, 3.8) is 0 Å². The van der Waals surface area contributed by atoms with Gasteiger partial charge in [0.2, 0.25) is 0 Å². The van der Waals surface area contributed by atoms with Gasteiger partial charge in [-0.3, -0.25) is 9.79 Å².